The molecule has 88 valence electrons. The molecular formula is C14H10N2O2. The lowest BCUT2D eigenvalue weighted by molar-refractivity contribution is 0.0979. The highest BCUT2D eigenvalue weighted by Gasteiger charge is 2.21. The average molecular weight is 238 g/mol. The third kappa shape index (κ3) is 2.36. The van der Waals surface area contributed by atoms with E-state index in [-0.39, 0.29) is 11.5 Å². The van der Waals surface area contributed by atoms with Crippen LogP contribution in [0.25, 0.3) is 0 Å². The Labute approximate surface area is 104 Å². The fraction of sp³-hybridized carbons (Fsp3) is 0.0714. The Balaban J connectivity index is 2.36. The minimum absolute atomic E-state index is 0.0373. The zero-order valence-corrected chi connectivity index (χ0v) is 9.45. The van der Waals surface area contributed by atoms with Crippen LogP contribution in [0.5, 0.6) is 5.75 Å². The van der Waals surface area contributed by atoms with Gasteiger partial charge in [-0.3, -0.25) is 9.78 Å². The van der Waals surface area contributed by atoms with Gasteiger partial charge in [0.2, 0.25) is 0 Å². The van der Waals surface area contributed by atoms with E-state index < -0.39 is 5.92 Å². The zero-order valence-electron chi connectivity index (χ0n) is 9.45. The van der Waals surface area contributed by atoms with Crippen molar-refractivity contribution in [2.75, 3.05) is 0 Å². The van der Waals surface area contributed by atoms with E-state index in [0.717, 1.165) is 0 Å². The summed E-state index contributed by atoms with van der Waals surface area (Å²) >= 11 is 0. The highest BCUT2D eigenvalue weighted by molar-refractivity contribution is 6.02. The van der Waals surface area contributed by atoms with Gasteiger partial charge in [0, 0.05) is 18.0 Å². The maximum Gasteiger partial charge on any atom is 0.184 e. The van der Waals surface area contributed by atoms with E-state index in [1.165, 1.54) is 24.5 Å². The lowest BCUT2D eigenvalue weighted by Crippen LogP contribution is -2.11. The standard InChI is InChI=1S/C14H10N2O2/c15-9-13(11-2-1-3-12(17)8-11)14(18)10-4-6-16-7-5-10/h1-8,13,17H. The first kappa shape index (κ1) is 11.8. The summed E-state index contributed by atoms with van der Waals surface area (Å²) < 4.78 is 0. The first-order chi connectivity index (χ1) is 8.72. The molecule has 2 rings (SSSR count). The lowest BCUT2D eigenvalue weighted by atomic mass is 9.92. The van der Waals surface area contributed by atoms with Gasteiger partial charge in [0.1, 0.15) is 11.7 Å². The molecule has 4 nitrogen and oxygen atoms in total. The van der Waals surface area contributed by atoms with Gasteiger partial charge < -0.3 is 5.11 Å². The summed E-state index contributed by atoms with van der Waals surface area (Å²) in [6.07, 6.45) is 3.01. The van der Waals surface area contributed by atoms with E-state index in [1.54, 1.807) is 24.3 Å². The number of carbonyl (C=O) groups excluding carboxylic acids is 1. The van der Waals surface area contributed by atoms with Crippen molar-refractivity contribution in [3.8, 4) is 11.8 Å². The van der Waals surface area contributed by atoms with Crippen LogP contribution in [0.2, 0.25) is 0 Å². The molecule has 0 aliphatic heterocycles. The number of nitrogens with zero attached hydrogens (tertiary/aromatic N) is 2. The number of ketones is 1. The smallest absolute Gasteiger partial charge is 0.184 e. The molecule has 1 heterocycles. The van der Waals surface area contributed by atoms with Gasteiger partial charge in [0.15, 0.2) is 5.78 Å². The first-order valence-electron chi connectivity index (χ1n) is 5.35. The molecule has 1 unspecified atom stereocenters. The largest absolute Gasteiger partial charge is 0.508 e. The third-order valence-corrected chi connectivity index (χ3v) is 2.56. The van der Waals surface area contributed by atoms with E-state index in [2.05, 4.69) is 4.98 Å². The van der Waals surface area contributed by atoms with Gasteiger partial charge >= 0.3 is 0 Å². The number of hydrogen-bond acceptors (Lipinski definition) is 4. The van der Waals surface area contributed by atoms with Crippen molar-refractivity contribution in [2.45, 2.75) is 5.92 Å². The van der Waals surface area contributed by atoms with E-state index >= 15 is 0 Å². The summed E-state index contributed by atoms with van der Waals surface area (Å²) in [5, 5.41) is 18.5. The van der Waals surface area contributed by atoms with Crippen molar-refractivity contribution >= 4 is 5.78 Å². The highest BCUT2D eigenvalue weighted by Crippen LogP contribution is 2.23. The van der Waals surface area contributed by atoms with Crippen LogP contribution in [-0.4, -0.2) is 15.9 Å². The molecule has 18 heavy (non-hydrogen) atoms. The molecule has 1 N–H and O–H groups in total. The van der Waals surface area contributed by atoms with E-state index in [0.29, 0.717) is 11.1 Å². The average Bonchev–Trinajstić information content (AvgIpc) is 2.40. The summed E-state index contributed by atoms with van der Waals surface area (Å²) in [7, 11) is 0. The Morgan fingerprint density at radius 1 is 1.28 bits per heavy atom. The molecule has 0 bridgehead atoms. The van der Waals surface area contributed by atoms with E-state index in [9.17, 15) is 9.90 Å². The van der Waals surface area contributed by atoms with Crippen molar-refractivity contribution < 1.29 is 9.90 Å². The molecule has 0 fully saturated rings. The van der Waals surface area contributed by atoms with Gasteiger partial charge in [0.25, 0.3) is 0 Å². The second-order valence-corrected chi connectivity index (χ2v) is 3.76. The molecule has 2 aromatic rings. The number of benzene rings is 1. The predicted molar refractivity (Wildman–Crippen MR) is 65.0 cm³/mol. The summed E-state index contributed by atoms with van der Waals surface area (Å²) in [6.45, 7) is 0. The summed E-state index contributed by atoms with van der Waals surface area (Å²) in [5.41, 5.74) is 0.916. The van der Waals surface area contributed by atoms with Gasteiger partial charge in [-0.05, 0) is 29.8 Å². The molecule has 1 aromatic heterocycles. The van der Waals surface area contributed by atoms with Gasteiger partial charge in [-0.1, -0.05) is 12.1 Å². The number of Topliss-reactive ketones (excluding diaryl/α,β-unsaturated/α-hetero) is 1. The number of carbonyl (C=O) groups is 1. The predicted octanol–water partition coefficient (Wildman–Crippen LogP) is 2.28. The molecule has 0 aliphatic rings. The third-order valence-electron chi connectivity index (χ3n) is 2.56. The van der Waals surface area contributed by atoms with Crippen molar-refractivity contribution in [2.24, 2.45) is 0 Å². The monoisotopic (exact) mass is 238 g/mol. The number of rotatable bonds is 3. The Hall–Kier alpha value is -2.67. The number of pyridine rings is 1. The summed E-state index contributed by atoms with van der Waals surface area (Å²) in [5.74, 6) is -1.18. The fourth-order valence-electron chi connectivity index (χ4n) is 1.67. The Kier molecular flexibility index (Phi) is 3.35. The number of aromatic nitrogens is 1. The number of phenolic OH excluding ortho intramolecular Hbond substituents is 1. The fourth-order valence-corrected chi connectivity index (χ4v) is 1.67. The van der Waals surface area contributed by atoms with Crippen molar-refractivity contribution in [3.63, 3.8) is 0 Å². The Bertz CT molecular complexity index is 603. The molecule has 0 spiro atoms. The van der Waals surface area contributed by atoms with Crippen molar-refractivity contribution in [1.29, 1.82) is 5.26 Å². The molecule has 1 atom stereocenters. The Morgan fingerprint density at radius 3 is 2.61 bits per heavy atom. The van der Waals surface area contributed by atoms with Crippen molar-refractivity contribution in [1.82, 2.24) is 4.98 Å². The van der Waals surface area contributed by atoms with Crippen LogP contribution in [0.4, 0.5) is 0 Å². The van der Waals surface area contributed by atoms with Gasteiger partial charge in [-0.25, -0.2) is 0 Å². The SMILES string of the molecule is N#CC(C(=O)c1ccncc1)c1cccc(O)c1. The molecule has 0 radical (unpaired) electrons. The normalized spacial score (nSPS) is 11.5. The van der Waals surface area contributed by atoms with Crippen LogP contribution in [0, 0.1) is 11.3 Å². The van der Waals surface area contributed by atoms with Gasteiger partial charge in [-0.2, -0.15) is 5.26 Å². The second-order valence-electron chi connectivity index (χ2n) is 3.76. The summed E-state index contributed by atoms with van der Waals surface area (Å²) in [6, 6.07) is 11.3. The number of hydrogen-bond donors (Lipinski definition) is 1. The topological polar surface area (TPSA) is 74.0 Å². The van der Waals surface area contributed by atoms with Crippen LogP contribution in [0.3, 0.4) is 0 Å². The molecule has 4 heteroatoms. The minimum atomic E-state index is -0.917. The van der Waals surface area contributed by atoms with Crippen LogP contribution >= 0.6 is 0 Å². The van der Waals surface area contributed by atoms with Gasteiger partial charge in [-0.15, -0.1) is 0 Å². The molecule has 0 aliphatic carbocycles. The number of nitriles is 1. The molecule has 1 aromatic carbocycles. The molecular weight excluding hydrogens is 228 g/mol. The minimum Gasteiger partial charge on any atom is -0.508 e. The second kappa shape index (κ2) is 5.11. The van der Waals surface area contributed by atoms with Crippen LogP contribution in [-0.2, 0) is 0 Å². The van der Waals surface area contributed by atoms with Gasteiger partial charge in [0.05, 0.1) is 6.07 Å². The van der Waals surface area contributed by atoms with Crippen LogP contribution in [0.1, 0.15) is 21.8 Å². The van der Waals surface area contributed by atoms with Crippen molar-refractivity contribution in [3.05, 3.63) is 59.9 Å². The van der Waals surface area contributed by atoms with E-state index in [1.807, 2.05) is 6.07 Å². The quantitative estimate of drug-likeness (QED) is 0.832. The maximum absolute atomic E-state index is 12.2. The maximum atomic E-state index is 12.2. The van der Waals surface area contributed by atoms with Crippen LogP contribution in [0.15, 0.2) is 48.8 Å². The zero-order chi connectivity index (χ0) is 13.0. The number of phenols is 1. The Morgan fingerprint density at radius 2 is 2.00 bits per heavy atom. The molecule has 0 saturated heterocycles. The lowest BCUT2D eigenvalue weighted by Gasteiger charge is -2.08. The highest BCUT2D eigenvalue weighted by atomic mass is 16.3. The summed E-state index contributed by atoms with van der Waals surface area (Å²) in [4.78, 5) is 16.0. The number of aromatic hydroxyl groups is 1. The van der Waals surface area contributed by atoms with Crippen LogP contribution < -0.4 is 0 Å². The molecule has 0 amide bonds. The molecule has 0 saturated carbocycles. The van der Waals surface area contributed by atoms with E-state index in [4.69, 9.17) is 5.26 Å². The first-order valence-corrected chi connectivity index (χ1v) is 5.35.